The number of sulfonamides is 1. The van der Waals surface area contributed by atoms with Crippen molar-refractivity contribution in [2.75, 3.05) is 6.61 Å². The second-order valence-corrected chi connectivity index (χ2v) is 7.96. The lowest BCUT2D eigenvalue weighted by Gasteiger charge is -2.30. The third-order valence-electron chi connectivity index (χ3n) is 4.69. The Labute approximate surface area is 157 Å². The molecule has 0 spiro atoms. The molecule has 1 unspecified atom stereocenters. The van der Waals surface area contributed by atoms with E-state index in [9.17, 15) is 13.2 Å². The highest BCUT2D eigenvalue weighted by atomic mass is 32.2. The third kappa shape index (κ3) is 3.86. The van der Waals surface area contributed by atoms with E-state index in [0.717, 1.165) is 16.8 Å². The molecule has 1 aliphatic rings. The van der Waals surface area contributed by atoms with Crippen LogP contribution in [0.1, 0.15) is 30.4 Å². The van der Waals surface area contributed by atoms with Crippen LogP contribution in [0, 0.1) is 0 Å². The SMILES string of the molecule is NS(=O)(=O)c1ccc(C2(c3ccccc3)CON=C2CCCC(=O)O)cc1. The molecule has 2 aromatic carbocycles. The minimum atomic E-state index is -3.79. The number of nitrogens with zero attached hydrogens (tertiary/aromatic N) is 1. The van der Waals surface area contributed by atoms with E-state index >= 15 is 0 Å². The summed E-state index contributed by atoms with van der Waals surface area (Å²) >= 11 is 0. The summed E-state index contributed by atoms with van der Waals surface area (Å²) in [6.45, 7) is 0.258. The molecule has 1 aliphatic heterocycles. The van der Waals surface area contributed by atoms with E-state index in [0.29, 0.717) is 12.8 Å². The van der Waals surface area contributed by atoms with Crippen LogP contribution in [0.5, 0.6) is 0 Å². The number of primary sulfonamides is 1. The second kappa shape index (κ2) is 7.50. The highest BCUT2D eigenvalue weighted by Gasteiger charge is 2.44. The summed E-state index contributed by atoms with van der Waals surface area (Å²) < 4.78 is 23.1. The molecule has 3 rings (SSSR count). The molecule has 0 radical (unpaired) electrons. The van der Waals surface area contributed by atoms with Gasteiger partial charge in [-0.25, -0.2) is 13.6 Å². The first-order chi connectivity index (χ1) is 12.8. The Morgan fingerprint density at radius 2 is 1.74 bits per heavy atom. The number of oxime groups is 1. The maximum atomic E-state index is 11.6. The maximum Gasteiger partial charge on any atom is 0.303 e. The van der Waals surface area contributed by atoms with Gasteiger partial charge in [0.1, 0.15) is 6.61 Å². The van der Waals surface area contributed by atoms with E-state index in [1.54, 1.807) is 12.1 Å². The highest BCUT2D eigenvalue weighted by molar-refractivity contribution is 7.89. The molecule has 7 nitrogen and oxygen atoms in total. The quantitative estimate of drug-likeness (QED) is 0.754. The Kier molecular flexibility index (Phi) is 5.29. The van der Waals surface area contributed by atoms with Gasteiger partial charge in [0.25, 0.3) is 0 Å². The molecule has 0 fully saturated rings. The lowest BCUT2D eigenvalue weighted by Crippen LogP contribution is -2.37. The first-order valence-electron chi connectivity index (χ1n) is 8.44. The Hall–Kier alpha value is -2.71. The molecule has 8 heteroatoms. The summed E-state index contributed by atoms with van der Waals surface area (Å²) in [6, 6.07) is 15.9. The van der Waals surface area contributed by atoms with Gasteiger partial charge in [0.05, 0.1) is 16.0 Å². The summed E-state index contributed by atoms with van der Waals surface area (Å²) in [5, 5.41) is 18.3. The van der Waals surface area contributed by atoms with Crippen molar-refractivity contribution < 1.29 is 23.2 Å². The summed E-state index contributed by atoms with van der Waals surface area (Å²) in [5.41, 5.74) is 1.78. The van der Waals surface area contributed by atoms with Gasteiger partial charge in [-0.05, 0) is 36.1 Å². The molecule has 1 atom stereocenters. The van der Waals surface area contributed by atoms with Crippen molar-refractivity contribution in [3.05, 3.63) is 65.7 Å². The molecule has 142 valence electrons. The van der Waals surface area contributed by atoms with E-state index < -0.39 is 21.4 Å². The van der Waals surface area contributed by atoms with Crippen molar-refractivity contribution in [3.63, 3.8) is 0 Å². The number of hydrogen-bond donors (Lipinski definition) is 2. The van der Waals surface area contributed by atoms with Crippen LogP contribution < -0.4 is 5.14 Å². The van der Waals surface area contributed by atoms with E-state index in [2.05, 4.69) is 5.16 Å². The molecule has 0 saturated heterocycles. The Morgan fingerprint density at radius 3 is 2.33 bits per heavy atom. The summed E-state index contributed by atoms with van der Waals surface area (Å²) in [5.74, 6) is -0.864. The number of aliphatic carboxylic acids is 1. The first kappa shape index (κ1) is 19.1. The van der Waals surface area contributed by atoms with Crippen molar-refractivity contribution in [1.82, 2.24) is 0 Å². The van der Waals surface area contributed by atoms with Crippen LogP contribution in [0.3, 0.4) is 0 Å². The zero-order valence-corrected chi connectivity index (χ0v) is 15.4. The van der Waals surface area contributed by atoms with Crippen molar-refractivity contribution >= 4 is 21.7 Å². The van der Waals surface area contributed by atoms with Crippen LogP contribution in [0.25, 0.3) is 0 Å². The molecule has 2 aromatic rings. The van der Waals surface area contributed by atoms with Gasteiger partial charge in [-0.3, -0.25) is 4.79 Å². The average molecular weight is 388 g/mol. The molecule has 0 saturated carbocycles. The van der Waals surface area contributed by atoms with Crippen molar-refractivity contribution in [1.29, 1.82) is 0 Å². The molecule has 27 heavy (non-hydrogen) atoms. The van der Waals surface area contributed by atoms with Crippen LogP contribution in [-0.4, -0.2) is 31.8 Å². The van der Waals surface area contributed by atoms with Crippen molar-refractivity contribution in [2.45, 2.75) is 29.6 Å². The zero-order valence-electron chi connectivity index (χ0n) is 14.5. The van der Waals surface area contributed by atoms with Crippen molar-refractivity contribution in [3.8, 4) is 0 Å². The molecule has 0 amide bonds. The largest absolute Gasteiger partial charge is 0.481 e. The van der Waals surface area contributed by atoms with E-state index in [1.807, 2.05) is 30.3 Å². The van der Waals surface area contributed by atoms with Gasteiger partial charge in [0.15, 0.2) is 0 Å². The van der Waals surface area contributed by atoms with Gasteiger partial charge < -0.3 is 9.94 Å². The second-order valence-electron chi connectivity index (χ2n) is 6.40. The average Bonchev–Trinajstić information content (AvgIpc) is 3.06. The van der Waals surface area contributed by atoms with Gasteiger partial charge in [0, 0.05) is 6.42 Å². The number of rotatable bonds is 7. The number of carbonyl (C=O) groups is 1. The van der Waals surface area contributed by atoms with E-state index in [1.165, 1.54) is 12.1 Å². The Balaban J connectivity index is 2.04. The molecule has 3 N–H and O–H groups in total. The molecule has 0 bridgehead atoms. The Morgan fingerprint density at radius 1 is 1.11 bits per heavy atom. The number of carboxylic acid groups (broad SMARTS) is 1. The lowest BCUT2D eigenvalue weighted by atomic mass is 9.70. The standard InChI is InChI=1S/C19H20N2O5S/c20-27(24,25)16-11-9-15(10-12-16)19(14-5-2-1-3-6-14)13-26-21-17(19)7-4-8-18(22)23/h1-3,5-6,9-12H,4,7-8,13H2,(H,22,23)(H2,20,24,25). The topological polar surface area (TPSA) is 119 Å². The summed E-state index contributed by atoms with van der Waals surface area (Å²) in [6.07, 6.45) is 0.924. The number of hydrogen-bond acceptors (Lipinski definition) is 5. The van der Waals surface area contributed by atoms with Crippen LogP contribution in [0.2, 0.25) is 0 Å². The normalized spacial score (nSPS) is 19.4. The van der Waals surface area contributed by atoms with Gasteiger partial charge in [-0.2, -0.15) is 0 Å². The maximum absolute atomic E-state index is 11.6. The fourth-order valence-corrected chi connectivity index (χ4v) is 3.87. The van der Waals surface area contributed by atoms with E-state index in [4.69, 9.17) is 15.1 Å². The van der Waals surface area contributed by atoms with Gasteiger partial charge in [0.2, 0.25) is 10.0 Å². The fraction of sp³-hybridized carbons (Fsp3) is 0.263. The lowest BCUT2D eigenvalue weighted by molar-refractivity contribution is -0.137. The van der Waals surface area contributed by atoms with Crippen LogP contribution in [-0.2, 0) is 25.1 Å². The van der Waals surface area contributed by atoms with E-state index in [-0.39, 0.29) is 17.9 Å². The number of carboxylic acids is 1. The Bertz CT molecular complexity index is 955. The van der Waals surface area contributed by atoms with Crippen LogP contribution >= 0.6 is 0 Å². The minimum Gasteiger partial charge on any atom is -0.481 e. The van der Waals surface area contributed by atoms with Crippen LogP contribution in [0.4, 0.5) is 0 Å². The van der Waals surface area contributed by atoms with Gasteiger partial charge >= 0.3 is 5.97 Å². The summed E-state index contributed by atoms with van der Waals surface area (Å²) in [7, 11) is -3.79. The smallest absolute Gasteiger partial charge is 0.303 e. The van der Waals surface area contributed by atoms with Gasteiger partial charge in [-0.15, -0.1) is 0 Å². The zero-order chi connectivity index (χ0) is 19.5. The summed E-state index contributed by atoms with van der Waals surface area (Å²) in [4.78, 5) is 16.3. The first-order valence-corrected chi connectivity index (χ1v) is 9.98. The fourth-order valence-electron chi connectivity index (χ4n) is 3.35. The molecular weight excluding hydrogens is 368 g/mol. The minimum absolute atomic E-state index is 0.0257. The van der Waals surface area contributed by atoms with Crippen LogP contribution in [0.15, 0.2) is 64.6 Å². The molecule has 1 heterocycles. The highest BCUT2D eigenvalue weighted by Crippen LogP contribution is 2.39. The predicted molar refractivity (Wildman–Crippen MR) is 99.9 cm³/mol. The number of nitrogens with two attached hydrogens (primary N) is 1. The molecule has 0 aromatic heterocycles. The predicted octanol–water partition coefficient (Wildman–Crippen LogP) is 2.26. The molecular formula is C19H20N2O5S. The third-order valence-corrected chi connectivity index (χ3v) is 5.62. The molecule has 0 aliphatic carbocycles. The van der Waals surface area contributed by atoms with Crippen molar-refractivity contribution in [2.24, 2.45) is 10.3 Å². The van der Waals surface area contributed by atoms with Gasteiger partial charge in [-0.1, -0.05) is 47.6 Å². The number of benzene rings is 2. The monoisotopic (exact) mass is 388 g/mol.